The summed E-state index contributed by atoms with van der Waals surface area (Å²) in [7, 11) is 0. The molecule has 0 rings (SSSR count). The first-order valence-corrected chi connectivity index (χ1v) is 6.13. The number of hydrogen-bond acceptors (Lipinski definition) is 4. The number of aliphatic hydroxyl groups is 2. The van der Waals surface area contributed by atoms with E-state index >= 15 is 0 Å². The molecule has 0 saturated carbocycles. The van der Waals surface area contributed by atoms with Crippen molar-refractivity contribution in [3.63, 3.8) is 0 Å². The van der Waals surface area contributed by atoms with Gasteiger partial charge in [-0.05, 0) is 26.7 Å². The lowest BCUT2D eigenvalue weighted by Gasteiger charge is -2.20. The minimum absolute atomic E-state index is 0.166. The minimum atomic E-state index is -0.480. The quantitative estimate of drug-likeness (QED) is 0.560. The molecule has 3 atom stereocenters. The van der Waals surface area contributed by atoms with Crippen molar-refractivity contribution in [1.29, 1.82) is 0 Å². The van der Waals surface area contributed by atoms with E-state index in [-0.39, 0.29) is 6.10 Å². The zero-order chi connectivity index (χ0) is 12.4. The van der Waals surface area contributed by atoms with Crippen LogP contribution in [0.25, 0.3) is 0 Å². The standard InChI is InChI=1S/C12H26O4/c1-4-5-7-16-12(11(3)14)6-8-15-9-10(2)13/h10-14H,4-9H2,1-3H3. The minimum Gasteiger partial charge on any atom is -0.391 e. The van der Waals surface area contributed by atoms with E-state index in [0.29, 0.717) is 26.2 Å². The maximum absolute atomic E-state index is 9.49. The summed E-state index contributed by atoms with van der Waals surface area (Å²) in [6.07, 6.45) is 1.68. The molecular weight excluding hydrogens is 208 g/mol. The third-order valence-corrected chi connectivity index (χ3v) is 2.27. The molecule has 0 fully saturated rings. The normalized spacial score (nSPS) is 17.1. The first kappa shape index (κ1) is 15.8. The molecule has 0 aromatic heterocycles. The number of unbranched alkanes of at least 4 members (excludes halogenated alkanes) is 1. The Bertz CT molecular complexity index is 148. The fraction of sp³-hybridized carbons (Fsp3) is 1.00. The molecule has 0 bridgehead atoms. The average molecular weight is 234 g/mol. The van der Waals surface area contributed by atoms with Crippen LogP contribution in [0.15, 0.2) is 0 Å². The van der Waals surface area contributed by atoms with Crippen molar-refractivity contribution in [3.05, 3.63) is 0 Å². The van der Waals surface area contributed by atoms with E-state index in [2.05, 4.69) is 6.92 Å². The third kappa shape index (κ3) is 9.09. The Balaban J connectivity index is 3.60. The van der Waals surface area contributed by atoms with Gasteiger partial charge in [0.25, 0.3) is 0 Å². The number of hydrogen-bond donors (Lipinski definition) is 2. The van der Waals surface area contributed by atoms with Gasteiger partial charge < -0.3 is 19.7 Å². The lowest BCUT2D eigenvalue weighted by atomic mass is 10.1. The molecule has 0 aromatic rings. The molecule has 0 radical (unpaired) electrons. The number of rotatable bonds is 10. The summed E-state index contributed by atoms with van der Waals surface area (Å²) in [5, 5.41) is 18.5. The molecule has 0 spiro atoms. The number of aliphatic hydroxyl groups excluding tert-OH is 2. The summed E-state index contributed by atoms with van der Waals surface area (Å²) in [6, 6.07) is 0. The van der Waals surface area contributed by atoms with Crippen molar-refractivity contribution in [2.75, 3.05) is 19.8 Å². The summed E-state index contributed by atoms with van der Waals surface area (Å²) >= 11 is 0. The zero-order valence-electron chi connectivity index (χ0n) is 10.7. The molecule has 0 aliphatic rings. The van der Waals surface area contributed by atoms with Gasteiger partial charge in [-0.25, -0.2) is 0 Å². The van der Waals surface area contributed by atoms with Gasteiger partial charge in [-0.1, -0.05) is 13.3 Å². The van der Waals surface area contributed by atoms with Gasteiger partial charge in [0.2, 0.25) is 0 Å². The first-order chi connectivity index (χ1) is 7.57. The molecule has 4 heteroatoms. The van der Waals surface area contributed by atoms with Crippen LogP contribution >= 0.6 is 0 Å². The molecule has 0 aliphatic heterocycles. The predicted molar refractivity (Wildman–Crippen MR) is 63.4 cm³/mol. The molecule has 16 heavy (non-hydrogen) atoms. The third-order valence-electron chi connectivity index (χ3n) is 2.27. The molecule has 0 saturated heterocycles. The summed E-state index contributed by atoms with van der Waals surface area (Å²) in [6.45, 7) is 7.04. The highest BCUT2D eigenvalue weighted by Gasteiger charge is 2.15. The molecule has 2 N–H and O–H groups in total. The van der Waals surface area contributed by atoms with Crippen molar-refractivity contribution in [2.24, 2.45) is 0 Å². The van der Waals surface area contributed by atoms with Crippen LogP contribution < -0.4 is 0 Å². The van der Waals surface area contributed by atoms with E-state index < -0.39 is 12.2 Å². The Labute approximate surface area is 98.6 Å². The second-order valence-electron chi connectivity index (χ2n) is 4.22. The van der Waals surface area contributed by atoms with Crippen molar-refractivity contribution >= 4 is 0 Å². The fourth-order valence-electron chi connectivity index (χ4n) is 1.30. The summed E-state index contributed by atoms with van der Waals surface area (Å²) in [5.41, 5.74) is 0. The topological polar surface area (TPSA) is 58.9 Å². The molecule has 0 heterocycles. The van der Waals surface area contributed by atoms with Gasteiger partial charge >= 0.3 is 0 Å². The predicted octanol–water partition coefficient (Wildman–Crippen LogP) is 1.34. The van der Waals surface area contributed by atoms with Crippen LogP contribution in [0.2, 0.25) is 0 Å². The highest BCUT2D eigenvalue weighted by Crippen LogP contribution is 2.06. The first-order valence-electron chi connectivity index (χ1n) is 6.13. The highest BCUT2D eigenvalue weighted by atomic mass is 16.5. The summed E-state index contributed by atoms with van der Waals surface area (Å²) in [5.74, 6) is 0. The second-order valence-corrected chi connectivity index (χ2v) is 4.22. The van der Waals surface area contributed by atoms with Crippen LogP contribution in [-0.2, 0) is 9.47 Å². The van der Waals surface area contributed by atoms with Crippen LogP contribution in [0.1, 0.15) is 40.0 Å². The second kappa shape index (κ2) is 10.0. The van der Waals surface area contributed by atoms with Crippen LogP contribution in [0.5, 0.6) is 0 Å². The van der Waals surface area contributed by atoms with Crippen molar-refractivity contribution in [1.82, 2.24) is 0 Å². The fourth-order valence-corrected chi connectivity index (χ4v) is 1.30. The molecule has 4 nitrogen and oxygen atoms in total. The van der Waals surface area contributed by atoms with E-state index in [4.69, 9.17) is 14.6 Å². The highest BCUT2D eigenvalue weighted by molar-refractivity contribution is 4.64. The lowest BCUT2D eigenvalue weighted by Crippen LogP contribution is -2.28. The van der Waals surface area contributed by atoms with Crippen molar-refractivity contribution in [2.45, 2.75) is 58.3 Å². The van der Waals surface area contributed by atoms with E-state index in [1.165, 1.54) is 0 Å². The van der Waals surface area contributed by atoms with E-state index in [9.17, 15) is 5.11 Å². The van der Waals surface area contributed by atoms with Gasteiger partial charge in [0.15, 0.2) is 0 Å². The van der Waals surface area contributed by atoms with Gasteiger partial charge in [0.05, 0.1) is 24.9 Å². The maximum Gasteiger partial charge on any atom is 0.0853 e. The molecule has 3 unspecified atom stereocenters. The van der Waals surface area contributed by atoms with Gasteiger partial charge in [-0.3, -0.25) is 0 Å². The van der Waals surface area contributed by atoms with Crippen molar-refractivity contribution < 1.29 is 19.7 Å². The Kier molecular flexibility index (Phi) is 9.92. The van der Waals surface area contributed by atoms with Crippen LogP contribution in [0.3, 0.4) is 0 Å². The van der Waals surface area contributed by atoms with Crippen LogP contribution in [0.4, 0.5) is 0 Å². The summed E-state index contributed by atoms with van der Waals surface area (Å²) in [4.78, 5) is 0. The molecule has 0 amide bonds. The lowest BCUT2D eigenvalue weighted by molar-refractivity contribution is -0.0517. The Hall–Kier alpha value is -0.160. The van der Waals surface area contributed by atoms with Crippen molar-refractivity contribution in [3.8, 4) is 0 Å². The summed E-state index contributed by atoms with van der Waals surface area (Å²) < 4.78 is 10.8. The Morgan fingerprint density at radius 1 is 1.12 bits per heavy atom. The van der Waals surface area contributed by atoms with E-state index in [0.717, 1.165) is 12.8 Å². The smallest absolute Gasteiger partial charge is 0.0853 e. The van der Waals surface area contributed by atoms with Gasteiger partial charge in [0.1, 0.15) is 0 Å². The molecule has 0 aliphatic carbocycles. The van der Waals surface area contributed by atoms with Gasteiger partial charge in [-0.2, -0.15) is 0 Å². The zero-order valence-corrected chi connectivity index (χ0v) is 10.7. The Morgan fingerprint density at radius 3 is 2.31 bits per heavy atom. The monoisotopic (exact) mass is 234 g/mol. The maximum atomic E-state index is 9.49. The van der Waals surface area contributed by atoms with Crippen LogP contribution in [0, 0.1) is 0 Å². The van der Waals surface area contributed by atoms with Gasteiger partial charge in [0, 0.05) is 13.2 Å². The SMILES string of the molecule is CCCCOC(CCOCC(C)O)C(C)O. The molecule has 98 valence electrons. The van der Waals surface area contributed by atoms with E-state index in [1.54, 1.807) is 13.8 Å². The largest absolute Gasteiger partial charge is 0.391 e. The molecule has 0 aromatic carbocycles. The average Bonchev–Trinajstić information content (AvgIpc) is 2.21. The molecular formula is C12H26O4. The van der Waals surface area contributed by atoms with E-state index in [1.807, 2.05) is 0 Å². The Morgan fingerprint density at radius 2 is 1.81 bits per heavy atom. The van der Waals surface area contributed by atoms with Crippen LogP contribution in [-0.4, -0.2) is 48.3 Å². The van der Waals surface area contributed by atoms with Gasteiger partial charge in [-0.15, -0.1) is 0 Å². The number of ether oxygens (including phenoxy) is 2.